The van der Waals surface area contributed by atoms with Gasteiger partial charge in [-0.2, -0.15) is 0 Å². The Morgan fingerprint density at radius 3 is 2.06 bits per heavy atom. The molecule has 18 heavy (non-hydrogen) atoms. The van der Waals surface area contributed by atoms with E-state index in [0.717, 1.165) is 13.1 Å². The monoisotopic (exact) mass is 260 g/mol. The summed E-state index contributed by atoms with van der Waals surface area (Å²) in [5.41, 5.74) is 4.69. The van der Waals surface area contributed by atoms with E-state index < -0.39 is 11.8 Å². The van der Waals surface area contributed by atoms with Gasteiger partial charge in [0.2, 0.25) is 6.43 Å². The van der Waals surface area contributed by atoms with Crippen molar-refractivity contribution >= 4 is 0 Å². The largest absolute Gasteiger partial charge is 0.330 e. The number of nitrogens with two attached hydrogens (primary N) is 1. The summed E-state index contributed by atoms with van der Waals surface area (Å²) in [7, 11) is 0. The Kier molecular flexibility index (Phi) is 4.96. The summed E-state index contributed by atoms with van der Waals surface area (Å²) in [5, 5.41) is 0. The van der Waals surface area contributed by atoms with Crippen LogP contribution in [0.25, 0.3) is 0 Å². The first kappa shape index (κ1) is 14.2. The van der Waals surface area contributed by atoms with Gasteiger partial charge >= 0.3 is 0 Å². The van der Waals surface area contributed by atoms with Crippen molar-refractivity contribution in [3.8, 4) is 0 Å². The average Bonchev–Trinajstić information content (AvgIpc) is 2.67. The lowest BCUT2D eigenvalue weighted by Crippen LogP contribution is -2.50. The third-order valence-electron chi connectivity index (χ3n) is 5.00. The third-order valence-corrected chi connectivity index (χ3v) is 5.00. The summed E-state index contributed by atoms with van der Waals surface area (Å²) in [6.45, 7) is 1.75. The first-order valence-corrected chi connectivity index (χ1v) is 7.40. The summed E-state index contributed by atoms with van der Waals surface area (Å²) in [4.78, 5) is 2.45. The minimum Gasteiger partial charge on any atom is -0.330 e. The van der Waals surface area contributed by atoms with Crippen LogP contribution < -0.4 is 5.73 Å². The predicted molar refractivity (Wildman–Crippen MR) is 69.8 cm³/mol. The lowest BCUT2D eigenvalue weighted by Gasteiger charge is -2.43. The number of rotatable bonds is 3. The van der Waals surface area contributed by atoms with Gasteiger partial charge in [0.1, 0.15) is 0 Å². The molecule has 106 valence electrons. The van der Waals surface area contributed by atoms with Gasteiger partial charge in [0, 0.05) is 18.0 Å². The number of alkyl halides is 2. The maximum atomic E-state index is 13.1. The van der Waals surface area contributed by atoms with Gasteiger partial charge in [-0.15, -0.1) is 0 Å². The predicted octanol–water partition coefficient (Wildman–Crippen LogP) is 3.02. The Bertz CT molecular complexity index is 242. The Balaban J connectivity index is 1.88. The first-order chi connectivity index (χ1) is 8.68. The molecule has 0 atom stereocenters. The van der Waals surface area contributed by atoms with Crippen LogP contribution >= 0.6 is 0 Å². The van der Waals surface area contributed by atoms with Gasteiger partial charge in [-0.25, -0.2) is 8.78 Å². The Hall–Kier alpha value is -0.220. The normalized spacial score (nSPS) is 27.3. The lowest BCUT2D eigenvalue weighted by molar-refractivity contribution is -0.0494. The fourth-order valence-corrected chi connectivity index (χ4v) is 3.47. The van der Waals surface area contributed by atoms with E-state index in [4.69, 9.17) is 5.73 Å². The smallest absolute Gasteiger partial charge is 0.245 e. The zero-order chi connectivity index (χ0) is 13.0. The molecule has 0 amide bonds. The Morgan fingerprint density at radius 1 is 1.06 bits per heavy atom. The number of hydrogen-bond acceptors (Lipinski definition) is 2. The van der Waals surface area contributed by atoms with Crippen LogP contribution in [-0.2, 0) is 0 Å². The number of nitrogens with zero attached hydrogens (tertiary/aromatic N) is 1. The summed E-state index contributed by atoms with van der Waals surface area (Å²) in [5.74, 6) is 0. The summed E-state index contributed by atoms with van der Waals surface area (Å²) in [6, 6.07) is 0.640. The number of piperidine rings is 1. The van der Waals surface area contributed by atoms with Gasteiger partial charge in [0.25, 0.3) is 0 Å². The van der Waals surface area contributed by atoms with E-state index in [-0.39, 0.29) is 6.54 Å². The van der Waals surface area contributed by atoms with E-state index in [2.05, 4.69) is 4.90 Å². The lowest BCUT2D eigenvalue weighted by atomic mass is 9.78. The molecule has 1 saturated carbocycles. The number of halogens is 2. The van der Waals surface area contributed by atoms with Crippen molar-refractivity contribution in [2.24, 2.45) is 11.1 Å². The molecule has 0 bridgehead atoms. The van der Waals surface area contributed by atoms with Gasteiger partial charge in [0.15, 0.2) is 0 Å². The van der Waals surface area contributed by atoms with Crippen molar-refractivity contribution in [1.29, 1.82) is 0 Å². The highest BCUT2D eigenvalue weighted by atomic mass is 19.3. The highest BCUT2D eigenvalue weighted by molar-refractivity contribution is 4.91. The van der Waals surface area contributed by atoms with Crippen LogP contribution in [0.3, 0.4) is 0 Å². The van der Waals surface area contributed by atoms with E-state index in [9.17, 15) is 8.78 Å². The van der Waals surface area contributed by atoms with Crippen LogP contribution in [0.15, 0.2) is 0 Å². The van der Waals surface area contributed by atoms with E-state index in [0.29, 0.717) is 18.9 Å². The molecule has 4 heteroatoms. The molecule has 0 aromatic carbocycles. The molecule has 0 aromatic rings. The van der Waals surface area contributed by atoms with Crippen LogP contribution in [0.2, 0.25) is 0 Å². The molecule has 1 saturated heterocycles. The molecule has 1 aliphatic heterocycles. The first-order valence-electron chi connectivity index (χ1n) is 7.40. The van der Waals surface area contributed by atoms with Crippen molar-refractivity contribution in [2.45, 2.75) is 63.8 Å². The van der Waals surface area contributed by atoms with Crippen molar-refractivity contribution < 1.29 is 8.78 Å². The van der Waals surface area contributed by atoms with Crippen molar-refractivity contribution in [2.75, 3.05) is 19.6 Å². The molecule has 2 aliphatic rings. The summed E-state index contributed by atoms with van der Waals surface area (Å²) < 4.78 is 26.2. The summed E-state index contributed by atoms with van der Waals surface area (Å²) >= 11 is 0. The van der Waals surface area contributed by atoms with Crippen molar-refractivity contribution in [1.82, 2.24) is 4.90 Å². The van der Waals surface area contributed by atoms with Gasteiger partial charge in [-0.05, 0) is 38.8 Å². The SMILES string of the molecule is NCC1(C(F)F)CCN(C2CCCCCC2)CC1. The standard InChI is InChI=1S/C14H26F2N2/c15-13(16)14(11-17)7-9-18(10-8-14)12-5-3-1-2-4-6-12/h12-13H,1-11,17H2. The van der Waals surface area contributed by atoms with Crippen LogP contribution in [0.5, 0.6) is 0 Å². The van der Waals surface area contributed by atoms with Crippen molar-refractivity contribution in [3.05, 3.63) is 0 Å². The van der Waals surface area contributed by atoms with E-state index in [1.165, 1.54) is 38.5 Å². The second-order valence-electron chi connectivity index (χ2n) is 6.05. The zero-order valence-electron chi connectivity index (χ0n) is 11.2. The average molecular weight is 260 g/mol. The topological polar surface area (TPSA) is 29.3 Å². The van der Waals surface area contributed by atoms with Crippen LogP contribution in [0, 0.1) is 5.41 Å². The molecule has 1 heterocycles. The van der Waals surface area contributed by atoms with E-state index in [1.54, 1.807) is 0 Å². The molecule has 0 unspecified atom stereocenters. The number of likely N-dealkylation sites (tertiary alicyclic amines) is 1. The van der Waals surface area contributed by atoms with Gasteiger partial charge in [-0.3, -0.25) is 0 Å². The number of hydrogen-bond donors (Lipinski definition) is 1. The summed E-state index contributed by atoms with van der Waals surface area (Å²) in [6.07, 6.45) is 6.67. The Morgan fingerprint density at radius 2 is 1.61 bits per heavy atom. The van der Waals surface area contributed by atoms with E-state index >= 15 is 0 Å². The highest BCUT2D eigenvalue weighted by Gasteiger charge is 2.42. The molecule has 2 nitrogen and oxygen atoms in total. The van der Waals surface area contributed by atoms with Crippen LogP contribution in [-0.4, -0.2) is 37.0 Å². The molecular weight excluding hydrogens is 234 g/mol. The van der Waals surface area contributed by atoms with Crippen LogP contribution in [0.1, 0.15) is 51.4 Å². The fraction of sp³-hybridized carbons (Fsp3) is 1.00. The molecule has 2 rings (SSSR count). The van der Waals surface area contributed by atoms with E-state index in [1.807, 2.05) is 0 Å². The molecule has 2 N–H and O–H groups in total. The maximum Gasteiger partial charge on any atom is 0.245 e. The second-order valence-corrected chi connectivity index (χ2v) is 6.05. The molecule has 1 aliphatic carbocycles. The fourth-order valence-electron chi connectivity index (χ4n) is 3.47. The van der Waals surface area contributed by atoms with Crippen molar-refractivity contribution in [3.63, 3.8) is 0 Å². The third kappa shape index (κ3) is 3.02. The minimum absolute atomic E-state index is 0.128. The van der Waals surface area contributed by atoms with Gasteiger partial charge in [0.05, 0.1) is 0 Å². The maximum absolute atomic E-state index is 13.1. The second kappa shape index (κ2) is 6.29. The molecule has 0 radical (unpaired) electrons. The minimum atomic E-state index is -2.27. The van der Waals surface area contributed by atoms with Gasteiger partial charge < -0.3 is 10.6 Å². The highest BCUT2D eigenvalue weighted by Crippen LogP contribution is 2.38. The molecule has 0 aromatic heterocycles. The molecular formula is C14H26F2N2. The molecule has 2 fully saturated rings. The Labute approximate surface area is 109 Å². The van der Waals surface area contributed by atoms with Gasteiger partial charge in [-0.1, -0.05) is 25.7 Å². The quantitative estimate of drug-likeness (QED) is 0.790. The molecule has 0 spiro atoms. The zero-order valence-corrected chi connectivity index (χ0v) is 11.2. The van der Waals surface area contributed by atoms with Crippen LogP contribution in [0.4, 0.5) is 8.78 Å².